The lowest BCUT2D eigenvalue weighted by molar-refractivity contribution is -0.135. The van der Waals surface area contributed by atoms with Crippen molar-refractivity contribution in [3.05, 3.63) is 35.7 Å². The number of aryl methyl sites for hydroxylation is 1. The van der Waals surface area contributed by atoms with Crippen LogP contribution in [-0.2, 0) is 24.8 Å². The van der Waals surface area contributed by atoms with Crippen molar-refractivity contribution in [1.29, 1.82) is 0 Å². The minimum atomic E-state index is -1.06. The van der Waals surface area contributed by atoms with Crippen molar-refractivity contribution in [2.45, 2.75) is 25.9 Å². The Labute approximate surface area is 127 Å². The Morgan fingerprint density at radius 1 is 1.41 bits per heavy atom. The van der Waals surface area contributed by atoms with E-state index >= 15 is 0 Å². The number of aromatic nitrogens is 4. The number of nitrogens with zero attached hydrogens (tertiary/aromatic N) is 5. The Bertz CT molecular complexity index is 719. The monoisotopic (exact) mass is 303 g/mol. The van der Waals surface area contributed by atoms with Crippen LogP contribution in [0.4, 0.5) is 0 Å². The highest BCUT2D eigenvalue weighted by atomic mass is 16.4. The summed E-state index contributed by atoms with van der Waals surface area (Å²) in [6.45, 7) is 2.65. The zero-order valence-electron chi connectivity index (χ0n) is 12.4. The second-order valence-corrected chi connectivity index (χ2v) is 5.40. The third kappa shape index (κ3) is 2.26. The number of imidazole rings is 1. The van der Waals surface area contributed by atoms with E-state index in [2.05, 4.69) is 10.1 Å². The highest BCUT2D eigenvalue weighted by Gasteiger charge is 2.31. The first-order chi connectivity index (χ1) is 10.5. The summed E-state index contributed by atoms with van der Waals surface area (Å²) in [7, 11) is 1.73. The molecular formula is C14H17N5O3. The normalized spacial score (nSPS) is 15.5. The smallest absolute Gasteiger partial charge is 0.356 e. The van der Waals surface area contributed by atoms with E-state index in [1.807, 2.05) is 0 Å². The first kappa shape index (κ1) is 14.3. The maximum Gasteiger partial charge on any atom is 0.356 e. The lowest BCUT2D eigenvalue weighted by Gasteiger charge is -2.30. The number of aromatic carboxylic acids is 1. The molecule has 3 rings (SSSR count). The van der Waals surface area contributed by atoms with Crippen molar-refractivity contribution in [1.82, 2.24) is 24.2 Å². The molecule has 1 aliphatic rings. The molecule has 0 fully saturated rings. The van der Waals surface area contributed by atoms with Crippen molar-refractivity contribution in [3.8, 4) is 0 Å². The second-order valence-electron chi connectivity index (χ2n) is 5.40. The van der Waals surface area contributed by atoms with E-state index < -0.39 is 5.97 Å². The Morgan fingerprint density at radius 2 is 2.18 bits per heavy atom. The molecule has 2 aromatic heterocycles. The summed E-state index contributed by atoms with van der Waals surface area (Å²) in [6, 6.07) is -0.367. The van der Waals surface area contributed by atoms with Crippen LogP contribution in [0.1, 0.15) is 34.7 Å². The first-order valence-electron chi connectivity index (χ1n) is 7.03. The highest BCUT2D eigenvalue weighted by molar-refractivity contribution is 5.88. The third-order valence-electron chi connectivity index (χ3n) is 4.09. The van der Waals surface area contributed by atoms with Crippen LogP contribution < -0.4 is 0 Å². The molecule has 116 valence electrons. The predicted octanol–water partition coefficient (Wildman–Crippen LogP) is 0.461. The number of carboxylic acids is 1. The Balaban J connectivity index is 1.85. The van der Waals surface area contributed by atoms with Crippen LogP contribution in [0.25, 0.3) is 0 Å². The van der Waals surface area contributed by atoms with Crippen LogP contribution in [0.3, 0.4) is 0 Å². The van der Waals surface area contributed by atoms with Gasteiger partial charge in [-0.15, -0.1) is 0 Å². The molecule has 3 heterocycles. The van der Waals surface area contributed by atoms with Gasteiger partial charge in [0.2, 0.25) is 5.91 Å². The van der Waals surface area contributed by atoms with Gasteiger partial charge in [0.05, 0.1) is 6.33 Å². The molecule has 0 aliphatic carbocycles. The molecule has 22 heavy (non-hydrogen) atoms. The van der Waals surface area contributed by atoms with Gasteiger partial charge in [0.1, 0.15) is 6.04 Å². The molecule has 0 aromatic carbocycles. The number of amides is 1. The van der Waals surface area contributed by atoms with Crippen LogP contribution in [0.2, 0.25) is 0 Å². The minimum Gasteiger partial charge on any atom is -0.476 e. The van der Waals surface area contributed by atoms with Gasteiger partial charge in [0.15, 0.2) is 5.69 Å². The van der Waals surface area contributed by atoms with Gasteiger partial charge in [-0.3, -0.25) is 9.48 Å². The largest absolute Gasteiger partial charge is 0.476 e. The van der Waals surface area contributed by atoms with Crippen LogP contribution in [-0.4, -0.2) is 47.8 Å². The van der Waals surface area contributed by atoms with E-state index in [-0.39, 0.29) is 24.2 Å². The maximum absolute atomic E-state index is 12.6. The molecule has 0 unspecified atom stereocenters. The average molecular weight is 303 g/mol. The molecule has 8 nitrogen and oxygen atoms in total. The van der Waals surface area contributed by atoms with Crippen LogP contribution in [0, 0.1) is 0 Å². The quantitative estimate of drug-likeness (QED) is 0.889. The van der Waals surface area contributed by atoms with E-state index in [9.17, 15) is 14.7 Å². The number of rotatable bonds is 3. The van der Waals surface area contributed by atoms with Crippen molar-refractivity contribution < 1.29 is 14.7 Å². The van der Waals surface area contributed by atoms with Crippen LogP contribution in [0.5, 0.6) is 0 Å². The van der Waals surface area contributed by atoms with Gasteiger partial charge in [0.25, 0.3) is 0 Å². The van der Waals surface area contributed by atoms with Crippen molar-refractivity contribution in [2.75, 3.05) is 6.54 Å². The van der Waals surface area contributed by atoms with Crippen molar-refractivity contribution in [3.63, 3.8) is 0 Å². The maximum atomic E-state index is 12.6. The molecule has 1 aliphatic heterocycles. The number of hydrogen-bond donors (Lipinski definition) is 1. The summed E-state index contributed by atoms with van der Waals surface area (Å²) in [6.07, 6.45) is 5.58. The van der Waals surface area contributed by atoms with Gasteiger partial charge in [-0.1, -0.05) is 0 Å². The average Bonchev–Trinajstić information content (AvgIpc) is 3.14. The van der Waals surface area contributed by atoms with Crippen LogP contribution >= 0.6 is 0 Å². The summed E-state index contributed by atoms with van der Waals surface area (Å²) < 4.78 is 3.33. The molecule has 0 bridgehead atoms. The summed E-state index contributed by atoms with van der Waals surface area (Å²) in [5.74, 6) is -1.11. The summed E-state index contributed by atoms with van der Waals surface area (Å²) in [4.78, 5) is 29.5. The molecular weight excluding hydrogens is 286 g/mol. The van der Waals surface area contributed by atoms with Gasteiger partial charge in [0, 0.05) is 50.2 Å². The fourth-order valence-electron chi connectivity index (χ4n) is 2.84. The second kappa shape index (κ2) is 5.28. The Kier molecular flexibility index (Phi) is 3.44. The van der Waals surface area contributed by atoms with Gasteiger partial charge >= 0.3 is 5.97 Å². The topological polar surface area (TPSA) is 93.3 Å². The zero-order chi connectivity index (χ0) is 15.9. The molecule has 0 spiro atoms. The minimum absolute atomic E-state index is 0.0327. The van der Waals surface area contributed by atoms with Crippen molar-refractivity contribution >= 4 is 11.9 Å². The Morgan fingerprint density at radius 3 is 2.82 bits per heavy atom. The molecule has 8 heteroatoms. The standard InChI is InChI=1S/C14H17N5O3/c1-9(19-6-4-15-8-19)13(20)18-5-3-11-10(7-18)12(14(21)22)16-17(11)2/h4,6,8-9H,3,5,7H2,1-2H3,(H,21,22)/t9-/m1/s1. The lowest BCUT2D eigenvalue weighted by Crippen LogP contribution is -2.40. The molecule has 1 amide bonds. The summed E-state index contributed by atoms with van der Waals surface area (Å²) in [5, 5.41) is 13.3. The number of carbonyl (C=O) groups is 2. The molecule has 0 saturated heterocycles. The van der Waals surface area contributed by atoms with Crippen molar-refractivity contribution in [2.24, 2.45) is 7.05 Å². The van der Waals surface area contributed by atoms with Gasteiger partial charge in [-0.25, -0.2) is 9.78 Å². The fourth-order valence-corrected chi connectivity index (χ4v) is 2.84. The molecule has 1 N–H and O–H groups in total. The van der Waals surface area contributed by atoms with E-state index in [1.165, 1.54) is 0 Å². The van der Waals surface area contributed by atoms with E-state index in [0.717, 1.165) is 5.69 Å². The van der Waals surface area contributed by atoms with E-state index in [1.54, 1.807) is 46.8 Å². The highest BCUT2D eigenvalue weighted by Crippen LogP contribution is 2.24. The lowest BCUT2D eigenvalue weighted by atomic mass is 10.0. The van der Waals surface area contributed by atoms with Gasteiger partial charge < -0.3 is 14.6 Å². The molecule has 0 saturated carbocycles. The zero-order valence-corrected chi connectivity index (χ0v) is 12.4. The summed E-state index contributed by atoms with van der Waals surface area (Å²) in [5.41, 5.74) is 1.55. The fraction of sp³-hybridized carbons (Fsp3) is 0.429. The van der Waals surface area contributed by atoms with Gasteiger partial charge in [-0.05, 0) is 6.92 Å². The molecule has 1 atom stereocenters. The van der Waals surface area contributed by atoms with E-state index in [0.29, 0.717) is 18.5 Å². The van der Waals surface area contributed by atoms with E-state index in [4.69, 9.17) is 0 Å². The molecule has 2 aromatic rings. The molecule has 0 radical (unpaired) electrons. The number of carboxylic acid groups (broad SMARTS) is 1. The third-order valence-corrected chi connectivity index (χ3v) is 4.09. The SMILES string of the molecule is C[C@H](C(=O)N1CCc2c(c(C(=O)O)nn2C)C1)n1ccnc1. The predicted molar refractivity (Wildman–Crippen MR) is 76.2 cm³/mol. The number of hydrogen-bond acceptors (Lipinski definition) is 4. The Hall–Kier alpha value is -2.64. The van der Waals surface area contributed by atoms with Gasteiger partial charge in [-0.2, -0.15) is 5.10 Å². The van der Waals surface area contributed by atoms with Crippen LogP contribution in [0.15, 0.2) is 18.7 Å². The number of fused-ring (bicyclic) bond motifs is 1. The first-order valence-corrected chi connectivity index (χ1v) is 7.03. The summed E-state index contributed by atoms with van der Waals surface area (Å²) >= 11 is 0. The number of carbonyl (C=O) groups excluding carboxylic acids is 1.